The molecule has 2 amide bonds. The predicted octanol–water partition coefficient (Wildman–Crippen LogP) is 1.59. The van der Waals surface area contributed by atoms with Crippen LogP contribution in [0, 0.1) is 5.92 Å². The second-order valence-electron chi connectivity index (χ2n) is 7.33. The Morgan fingerprint density at radius 2 is 1.69 bits per heavy atom. The van der Waals surface area contributed by atoms with Crippen LogP contribution in [0.3, 0.4) is 0 Å². The average molecular weight is 408 g/mol. The summed E-state index contributed by atoms with van der Waals surface area (Å²) in [5.41, 5.74) is 0.612. The van der Waals surface area contributed by atoms with Gasteiger partial charge < -0.3 is 26.0 Å². The van der Waals surface area contributed by atoms with Crippen LogP contribution in [0.2, 0.25) is 0 Å². The van der Waals surface area contributed by atoms with Crippen LogP contribution < -0.4 is 10.6 Å². The summed E-state index contributed by atoms with van der Waals surface area (Å²) in [5.74, 6) is -1.69. The molecule has 1 unspecified atom stereocenters. The van der Waals surface area contributed by atoms with Crippen LogP contribution in [0.15, 0.2) is 24.3 Å². The standard InChI is InChI=1S/C21H32N2O6/c1-3-14(2)6-4-5-7-19(26)22-18(13-24)20(27)23-17(21(28)29)12-15-8-10-16(25)11-9-15/h8-11,14,17-18,24-25H,3-7,12-13H2,1-2H3,(H,22,26)(H,23,27)(H,28,29)/t14?,17-,18-/m1/s1. The monoisotopic (exact) mass is 408 g/mol. The van der Waals surface area contributed by atoms with Gasteiger partial charge in [-0.3, -0.25) is 9.59 Å². The van der Waals surface area contributed by atoms with Gasteiger partial charge in [-0.05, 0) is 30.0 Å². The minimum Gasteiger partial charge on any atom is -0.508 e. The number of aliphatic hydroxyl groups excluding tert-OH is 1. The number of aliphatic carboxylic acids is 1. The van der Waals surface area contributed by atoms with Gasteiger partial charge in [0.05, 0.1) is 6.61 Å². The number of rotatable bonds is 13. The van der Waals surface area contributed by atoms with Gasteiger partial charge in [0.15, 0.2) is 0 Å². The molecule has 1 aromatic rings. The van der Waals surface area contributed by atoms with E-state index >= 15 is 0 Å². The van der Waals surface area contributed by atoms with Gasteiger partial charge in [0.25, 0.3) is 0 Å². The van der Waals surface area contributed by atoms with Crippen molar-refractivity contribution in [3.05, 3.63) is 29.8 Å². The van der Waals surface area contributed by atoms with Crippen molar-refractivity contribution in [2.24, 2.45) is 5.92 Å². The normalized spacial score (nSPS) is 13.9. The number of hydrogen-bond donors (Lipinski definition) is 5. The van der Waals surface area contributed by atoms with Crippen LogP contribution >= 0.6 is 0 Å². The molecule has 29 heavy (non-hydrogen) atoms. The predicted molar refractivity (Wildman–Crippen MR) is 108 cm³/mol. The van der Waals surface area contributed by atoms with Crippen molar-refractivity contribution in [3.8, 4) is 5.75 Å². The van der Waals surface area contributed by atoms with Crippen LogP contribution in [0.5, 0.6) is 5.75 Å². The number of phenolic OH excluding ortho intramolecular Hbond substituents is 1. The minimum atomic E-state index is -1.24. The van der Waals surface area contributed by atoms with Gasteiger partial charge >= 0.3 is 5.97 Å². The minimum absolute atomic E-state index is 0.00304. The number of phenols is 1. The Morgan fingerprint density at radius 1 is 1.03 bits per heavy atom. The Labute approximate surface area is 171 Å². The lowest BCUT2D eigenvalue weighted by atomic mass is 10.0. The lowest BCUT2D eigenvalue weighted by Crippen LogP contribution is -2.53. The molecule has 5 N–H and O–H groups in total. The fourth-order valence-corrected chi connectivity index (χ4v) is 2.78. The molecule has 0 aliphatic carbocycles. The number of amides is 2. The number of carbonyl (C=O) groups excluding carboxylic acids is 2. The zero-order valence-corrected chi connectivity index (χ0v) is 17.1. The van der Waals surface area contributed by atoms with E-state index < -0.39 is 30.6 Å². The Hall–Kier alpha value is -2.61. The molecule has 1 aromatic carbocycles. The van der Waals surface area contributed by atoms with Gasteiger partial charge in [-0.1, -0.05) is 45.2 Å². The van der Waals surface area contributed by atoms with Crippen molar-refractivity contribution < 1.29 is 29.7 Å². The highest BCUT2D eigenvalue weighted by molar-refractivity contribution is 5.90. The van der Waals surface area contributed by atoms with E-state index in [0.717, 1.165) is 19.3 Å². The summed E-state index contributed by atoms with van der Waals surface area (Å²) < 4.78 is 0. The van der Waals surface area contributed by atoms with Crippen LogP contribution in [0.4, 0.5) is 0 Å². The number of benzene rings is 1. The van der Waals surface area contributed by atoms with E-state index in [4.69, 9.17) is 0 Å². The molecule has 0 bridgehead atoms. The van der Waals surface area contributed by atoms with E-state index in [-0.39, 0.29) is 24.5 Å². The van der Waals surface area contributed by atoms with Crippen molar-refractivity contribution in [3.63, 3.8) is 0 Å². The Balaban J connectivity index is 2.54. The molecule has 0 heterocycles. The molecule has 0 fully saturated rings. The third-order valence-corrected chi connectivity index (χ3v) is 4.87. The number of carboxylic acids is 1. The Bertz CT molecular complexity index is 662. The number of hydrogen-bond acceptors (Lipinski definition) is 5. The maximum Gasteiger partial charge on any atom is 0.326 e. The van der Waals surface area contributed by atoms with Gasteiger partial charge in [-0.15, -0.1) is 0 Å². The maximum absolute atomic E-state index is 12.3. The smallest absolute Gasteiger partial charge is 0.326 e. The fraction of sp³-hybridized carbons (Fsp3) is 0.571. The molecule has 8 heteroatoms. The van der Waals surface area contributed by atoms with Crippen LogP contribution in [-0.4, -0.2) is 51.8 Å². The number of aliphatic hydroxyl groups is 1. The molecule has 0 saturated heterocycles. The quantitative estimate of drug-likeness (QED) is 0.315. The summed E-state index contributed by atoms with van der Waals surface area (Å²) in [6, 6.07) is 3.53. The number of carbonyl (C=O) groups is 3. The van der Waals surface area contributed by atoms with E-state index in [1.807, 2.05) is 0 Å². The Kier molecular flexibility index (Phi) is 10.8. The number of aromatic hydroxyl groups is 1. The molecule has 1 rings (SSSR count). The summed E-state index contributed by atoms with van der Waals surface area (Å²) in [6.07, 6.45) is 3.97. The van der Waals surface area contributed by atoms with E-state index in [2.05, 4.69) is 24.5 Å². The van der Waals surface area contributed by atoms with Gasteiger partial charge in [-0.25, -0.2) is 4.79 Å². The number of nitrogens with one attached hydrogen (secondary N) is 2. The first-order valence-electron chi connectivity index (χ1n) is 9.98. The molecule has 0 aromatic heterocycles. The second kappa shape index (κ2) is 12.8. The molecule has 3 atom stereocenters. The van der Waals surface area contributed by atoms with Crippen molar-refractivity contribution in [2.45, 2.75) is 64.5 Å². The molecule has 0 aliphatic rings. The fourth-order valence-electron chi connectivity index (χ4n) is 2.78. The average Bonchev–Trinajstić information content (AvgIpc) is 2.69. The lowest BCUT2D eigenvalue weighted by Gasteiger charge is -2.20. The first kappa shape index (κ1) is 24.4. The first-order valence-corrected chi connectivity index (χ1v) is 9.98. The van der Waals surface area contributed by atoms with E-state index in [1.54, 1.807) is 12.1 Å². The highest BCUT2D eigenvalue weighted by Gasteiger charge is 2.26. The Morgan fingerprint density at radius 3 is 2.24 bits per heavy atom. The molecule has 162 valence electrons. The highest BCUT2D eigenvalue weighted by Crippen LogP contribution is 2.13. The highest BCUT2D eigenvalue weighted by atomic mass is 16.4. The molecule has 0 spiro atoms. The largest absolute Gasteiger partial charge is 0.508 e. The maximum atomic E-state index is 12.3. The number of unbranched alkanes of at least 4 members (excludes halogenated alkanes) is 1. The van der Waals surface area contributed by atoms with Crippen LogP contribution in [0.25, 0.3) is 0 Å². The molecule has 8 nitrogen and oxygen atoms in total. The van der Waals surface area contributed by atoms with Crippen molar-refractivity contribution in [1.29, 1.82) is 0 Å². The summed E-state index contributed by atoms with van der Waals surface area (Å²) in [5, 5.41) is 32.9. The lowest BCUT2D eigenvalue weighted by molar-refractivity contribution is -0.142. The van der Waals surface area contributed by atoms with Crippen molar-refractivity contribution in [2.75, 3.05) is 6.61 Å². The topological polar surface area (TPSA) is 136 Å². The molecule has 0 aliphatic heterocycles. The van der Waals surface area contributed by atoms with E-state index in [0.29, 0.717) is 17.9 Å². The third-order valence-electron chi connectivity index (χ3n) is 4.87. The van der Waals surface area contributed by atoms with Crippen LogP contribution in [-0.2, 0) is 20.8 Å². The summed E-state index contributed by atoms with van der Waals surface area (Å²) in [6.45, 7) is 3.65. The van der Waals surface area contributed by atoms with Gasteiger partial charge in [-0.2, -0.15) is 0 Å². The second-order valence-corrected chi connectivity index (χ2v) is 7.33. The third kappa shape index (κ3) is 9.43. The van der Waals surface area contributed by atoms with Gasteiger partial charge in [0, 0.05) is 12.8 Å². The molecular formula is C21H32N2O6. The summed E-state index contributed by atoms with van der Waals surface area (Å²) in [7, 11) is 0. The molecule has 0 saturated carbocycles. The van der Waals surface area contributed by atoms with Crippen LogP contribution in [0.1, 0.15) is 51.5 Å². The molecule has 0 radical (unpaired) electrons. The zero-order valence-electron chi connectivity index (χ0n) is 17.1. The molecular weight excluding hydrogens is 376 g/mol. The zero-order chi connectivity index (χ0) is 21.8. The van der Waals surface area contributed by atoms with E-state index in [1.165, 1.54) is 12.1 Å². The first-order chi connectivity index (χ1) is 13.8. The van der Waals surface area contributed by atoms with E-state index in [9.17, 15) is 29.7 Å². The number of carboxylic acid groups (broad SMARTS) is 1. The SMILES string of the molecule is CCC(C)CCCCC(=O)N[C@H](CO)C(=O)N[C@H](Cc1ccc(O)cc1)C(=O)O. The van der Waals surface area contributed by atoms with Gasteiger partial charge in [0.2, 0.25) is 11.8 Å². The van der Waals surface area contributed by atoms with Gasteiger partial charge in [0.1, 0.15) is 17.8 Å². The van der Waals surface area contributed by atoms with Crippen molar-refractivity contribution >= 4 is 17.8 Å². The summed E-state index contributed by atoms with van der Waals surface area (Å²) >= 11 is 0. The van der Waals surface area contributed by atoms with Crippen molar-refractivity contribution in [1.82, 2.24) is 10.6 Å². The summed E-state index contributed by atoms with van der Waals surface area (Å²) in [4.78, 5) is 35.8.